The lowest BCUT2D eigenvalue weighted by Gasteiger charge is -2.38. The van der Waals surface area contributed by atoms with E-state index < -0.39 is 0 Å². The maximum atomic E-state index is 12.1. The number of hydrogen-bond acceptors (Lipinski definition) is 3. The van der Waals surface area contributed by atoms with Crippen molar-refractivity contribution in [3.05, 3.63) is 66.2 Å². The summed E-state index contributed by atoms with van der Waals surface area (Å²) in [6.07, 6.45) is 3.16. The van der Waals surface area contributed by atoms with Gasteiger partial charge in [-0.05, 0) is 16.3 Å². The number of carbonyl (C=O) groups is 1. The highest BCUT2D eigenvalue weighted by atomic mass is 16.5. The van der Waals surface area contributed by atoms with Crippen molar-refractivity contribution in [3.63, 3.8) is 0 Å². The van der Waals surface area contributed by atoms with Crippen LogP contribution in [0.4, 0.5) is 0 Å². The van der Waals surface area contributed by atoms with Gasteiger partial charge in [0.15, 0.2) is 0 Å². The van der Waals surface area contributed by atoms with E-state index in [0.29, 0.717) is 25.4 Å². The molecule has 0 aliphatic carbocycles. The van der Waals surface area contributed by atoms with E-state index in [9.17, 15) is 4.79 Å². The first-order valence-corrected chi connectivity index (χ1v) is 7.67. The number of hydrogen-bond donors (Lipinski definition) is 1. The van der Waals surface area contributed by atoms with Gasteiger partial charge in [0, 0.05) is 13.1 Å². The fourth-order valence-corrected chi connectivity index (χ4v) is 2.88. The smallest absolute Gasteiger partial charge is 0.272 e. The van der Waals surface area contributed by atoms with Gasteiger partial charge in [0.05, 0.1) is 25.2 Å². The molecule has 1 aliphatic rings. The third kappa shape index (κ3) is 2.71. The second-order valence-electron chi connectivity index (χ2n) is 5.75. The standard InChI is InChI=1S/C18H17N3O2/c22-18(17-8-19-12-20-17)21-9-15(10-21)23-11-14-6-3-5-13-4-1-2-7-16(13)14/h1-8,12,15H,9-11H2,(H,19,20). The number of aromatic amines is 1. The monoisotopic (exact) mass is 307 g/mol. The Morgan fingerprint density at radius 1 is 1.22 bits per heavy atom. The van der Waals surface area contributed by atoms with Crippen molar-refractivity contribution in [2.75, 3.05) is 13.1 Å². The summed E-state index contributed by atoms with van der Waals surface area (Å²) >= 11 is 0. The summed E-state index contributed by atoms with van der Waals surface area (Å²) in [5.74, 6) is -0.0208. The molecule has 0 unspecified atom stereocenters. The maximum absolute atomic E-state index is 12.1. The molecule has 5 heteroatoms. The Labute approximate surface area is 133 Å². The first-order valence-electron chi connectivity index (χ1n) is 7.67. The molecule has 1 N–H and O–H groups in total. The van der Waals surface area contributed by atoms with Gasteiger partial charge in [0.25, 0.3) is 5.91 Å². The van der Waals surface area contributed by atoms with Crippen molar-refractivity contribution in [3.8, 4) is 0 Å². The van der Waals surface area contributed by atoms with Crippen LogP contribution in [0.2, 0.25) is 0 Å². The Morgan fingerprint density at radius 2 is 2.04 bits per heavy atom. The van der Waals surface area contributed by atoms with Gasteiger partial charge in [0.1, 0.15) is 5.69 Å². The molecular weight excluding hydrogens is 290 g/mol. The van der Waals surface area contributed by atoms with Crippen LogP contribution in [0.1, 0.15) is 16.1 Å². The van der Waals surface area contributed by atoms with Gasteiger partial charge in [-0.3, -0.25) is 4.79 Å². The number of rotatable bonds is 4. The minimum absolute atomic E-state index is 0.0208. The molecule has 1 fully saturated rings. The summed E-state index contributed by atoms with van der Waals surface area (Å²) < 4.78 is 5.95. The molecule has 1 amide bonds. The molecule has 0 bridgehead atoms. The second kappa shape index (κ2) is 5.85. The summed E-state index contributed by atoms with van der Waals surface area (Å²) in [6.45, 7) is 1.82. The number of benzene rings is 2. The molecule has 1 saturated heterocycles. The van der Waals surface area contributed by atoms with Crippen LogP contribution in [0.5, 0.6) is 0 Å². The van der Waals surface area contributed by atoms with Gasteiger partial charge in [0.2, 0.25) is 0 Å². The van der Waals surface area contributed by atoms with Crippen LogP contribution < -0.4 is 0 Å². The molecule has 4 rings (SSSR count). The van der Waals surface area contributed by atoms with E-state index in [4.69, 9.17) is 4.74 Å². The number of carbonyl (C=O) groups excluding carboxylic acids is 1. The summed E-state index contributed by atoms with van der Waals surface area (Å²) in [4.78, 5) is 20.6. The zero-order valence-electron chi connectivity index (χ0n) is 12.6. The third-order valence-corrected chi connectivity index (χ3v) is 4.22. The van der Waals surface area contributed by atoms with Crippen molar-refractivity contribution in [1.82, 2.24) is 14.9 Å². The van der Waals surface area contributed by atoms with E-state index in [1.807, 2.05) is 12.1 Å². The van der Waals surface area contributed by atoms with Gasteiger partial charge in [-0.25, -0.2) is 4.98 Å². The quantitative estimate of drug-likeness (QED) is 0.806. The zero-order valence-corrected chi connectivity index (χ0v) is 12.6. The number of ether oxygens (including phenoxy) is 1. The van der Waals surface area contributed by atoms with E-state index in [2.05, 4.69) is 40.3 Å². The average Bonchev–Trinajstić information content (AvgIpc) is 3.08. The first kappa shape index (κ1) is 14.0. The Hall–Kier alpha value is -2.66. The van der Waals surface area contributed by atoms with Gasteiger partial charge in [-0.2, -0.15) is 0 Å². The molecule has 1 aliphatic heterocycles. The lowest BCUT2D eigenvalue weighted by Crippen LogP contribution is -2.54. The molecule has 3 aromatic rings. The second-order valence-corrected chi connectivity index (χ2v) is 5.75. The summed E-state index contributed by atoms with van der Waals surface area (Å²) in [6, 6.07) is 14.5. The fraction of sp³-hybridized carbons (Fsp3) is 0.222. The number of H-pyrrole nitrogens is 1. The fourth-order valence-electron chi connectivity index (χ4n) is 2.88. The summed E-state index contributed by atoms with van der Waals surface area (Å²) in [5.41, 5.74) is 1.71. The highest BCUT2D eigenvalue weighted by molar-refractivity contribution is 5.92. The topological polar surface area (TPSA) is 58.2 Å². The van der Waals surface area contributed by atoms with E-state index in [-0.39, 0.29) is 12.0 Å². The number of imidazole rings is 1. The molecule has 5 nitrogen and oxygen atoms in total. The maximum Gasteiger partial charge on any atom is 0.272 e. The lowest BCUT2D eigenvalue weighted by atomic mass is 10.1. The molecule has 0 radical (unpaired) electrons. The van der Waals surface area contributed by atoms with Crippen molar-refractivity contribution < 1.29 is 9.53 Å². The highest BCUT2D eigenvalue weighted by Crippen LogP contribution is 2.21. The molecule has 0 saturated carbocycles. The van der Waals surface area contributed by atoms with Crippen molar-refractivity contribution >= 4 is 16.7 Å². The van der Waals surface area contributed by atoms with Gasteiger partial charge in [-0.15, -0.1) is 0 Å². The normalized spacial score (nSPS) is 14.9. The number of nitrogens with zero attached hydrogens (tertiary/aromatic N) is 2. The van der Waals surface area contributed by atoms with Crippen LogP contribution >= 0.6 is 0 Å². The summed E-state index contributed by atoms with van der Waals surface area (Å²) in [5, 5.41) is 2.44. The third-order valence-electron chi connectivity index (χ3n) is 4.22. The van der Waals surface area contributed by atoms with E-state index in [0.717, 1.165) is 0 Å². The Kier molecular flexibility index (Phi) is 3.55. The Balaban J connectivity index is 1.35. The van der Waals surface area contributed by atoms with Crippen LogP contribution in [-0.4, -0.2) is 40.0 Å². The van der Waals surface area contributed by atoms with Crippen molar-refractivity contribution in [2.45, 2.75) is 12.7 Å². The molecule has 1 aromatic heterocycles. The number of nitrogens with one attached hydrogen (secondary N) is 1. The van der Waals surface area contributed by atoms with Crippen LogP contribution in [0.3, 0.4) is 0 Å². The molecule has 116 valence electrons. The largest absolute Gasteiger partial charge is 0.370 e. The number of aromatic nitrogens is 2. The molecule has 23 heavy (non-hydrogen) atoms. The molecular formula is C18H17N3O2. The predicted molar refractivity (Wildman–Crippen MR) is 87.0 cm³/mol. The van der Waals surface area contributed by atoms with E-state index >= 15 is 0 Å². The lowest BCUT2D eigenvalue weighted by molar-refractivity contribution is -0.0501. The number of fused-ring (bicyclic) bond motifs is 1. The molecule has 2 aromatic carbocycles. The minimum Gasteiger partial charge on any atom is -0.370 e. The van der Waals surface area contributed by atoms with Gasteiger partial charge >= 0.3 is 0 Å². The van der Waals surface area contributed by atoms with Gasteiger partial charge in [-0.1, -0.05) is 42.5 Å². The van der Waals surface area contributed by atoms with Crippen LogP contribution in [0, 0.1) is 0 Å². The minimum atomic E-state index is -0.0208. The zero-order chi connectivity index (χ0) is 15.6. The first-order chi connectivity index (χ1) is 11.3. The Bertz CT molecular complexity index is 818. The van der Waals surface area contributed by atoms with Crippen LogP contribution in [-0.2, 0) is 11.3 Å². The average molecular weight is 307 g/mol. The summed E-state index contributed by atoms with van der Waals surface area (Å²) in [7, 11) is 0. The van der Waals surface area contributed by atoms with Crippen LogP contribution in [0.15, 0.2) is 55.0 Å². The van der Waals surface area contributed by atoms with Crippen LogP contribution in [0.25, 0.3) is 10.8 Å². The molecule has 0 spiro atoms. The molecule has 2 heterocycles. The molecule has 0 atom stereocenters. The number of amides is 1. The highest BCUT2D eigenvalue weighted by Gasteiger charge is 2.32. The van der Waals surface area contributed by atoms with Crippen molar-refractivity contribution in [2.24, 2.45) is 0 Å². The van der Waals surface area contributed by atoms with E-state index in [1.165, 1.54) is 22.7 Å². The van der Waals surface area contributed by atoms with Crippen molar-refractivity contribution in [1.29, 1.82) is 0 Å². The SMILES string of the molecule is O=C(c1cnc[nH]1)N1CC(OCc2cccc3ccccc23)C1. The number of likely N-dealkylation sites (tertiary alicyclic amines) is 1. The predicted octanol–water partition coefficient (Wildman–Crippen LogP) is 2.60. The van der Waals surface area contributed by atoms with E-state index in [1.54, 1.807) is 11.1 Å². The Morgan fingerprint density at radius 3 is 2.87 bits per heavy atom. The van der Waals surface area contributed by atoms with Gasteiger partial charge < -0.3 is 14.6 Å².